The van der Waals surface area contributed by atoms with Crippen molar-refractivity contribution in [2.24, 2.45) is 0 Å². The summed E-state index contributed by atoms with van der Waals surface area (Å²) in [6, 6.07) is 3.35. The van der Waals surface area contributed by atoms with Gasteiger partial charge >= 0.3 is 0 Å². The summed E-state index contributed by atoms with van der Waals surface area (Å²) in [6.45, 7) is 4.17. The smallest absolute Gasteiger partial charge is 0.272 e. The summed E-state index contributed by atoms with van der Waals surface area (Å²) < 4.78 is 10.5. The number of hydrogen-bond acceptors (Lipinski definition) is 6. The molecule has 0 spiro atoms. The van der Waals surface area contributed by atoms with E-state index in [-0.39, 0.29) is 28.7 Å². The second-order valence-electron chi connectivity index (χ2n) is 4.23. The van der Waals surface area contributed by atoms with Crippen LogP contribution in [0.1, 0.15) is 23.0 Å². The minimum absolute atomic E-state index is 0.103. The van der Waals surface area contributed by atoms with Crippen LogP contribution in [0, 0.1) is 11.3 Å². The molecule has 1 aliphatic rings. The van der Waals surface area contributed by atoms with Gasteiger partial charge in [0.15, 0.2) is 0 Å². The van der Waals surface area contributed by atoms with Crippen LogP contribution in [0.4, 0.5) is 5.69 Å². The number of nitriles is 1. The van der Waals surface area contributed by atoms with Gasteiger partial charge in [0.1, 0.15) is 17.3 Å². The summed E-state index contributed by atoms with van der Waals surface area (Å²) in [5.41, 5.74) is 6.33. The third kappa shape index (κ3) is 2.81. The third-order valence-electron chi connectivity index (χ3n) is 2.93. The molecule has 7 nitrogen and oxygen atoms in total. The molecule has 20 heavy (non-hydrogen) atoms. The standard InChI is InChI=1S/C13H16N4O3/c1-2-20-12-9(8-14)10(15)7-11(16-12)13(18)17-3-5-19-6-4-17/h7H,2-6H2,1H3,(H2,15,16). The third-order valence-corrected chi connectivity index (χ3v) is 2.93. The number of nitrogens with two attached hydrogens (primary N) is 1. The predicted molar refractivity (Wildman–Crippen MR) is 71.3 cm³/mol. The van der Waals surface area contributed by atoms with Crippen molar-refractivity contribution < 1.29 is 14.3 Å². The van der Waals surface area contributed by atoms with E-state index in [0.717, 1.165) is 0 Å². The molecule has 1 saturated heterocycles. The Bertz CT molecular complexity index is 547. The van der Waals surface area contributed by atoms with Crippen molar-refractivity contribution in [1.82, 2.24) is 9.88 Å². The van der Waals surface area contributed by atoms with Crippen molar-refractivity contribution in [3.63, 3.8) is 0 Å². The fourth-order valence-corrected chi connectivity index (χ4v) is 1.93. The van der Waals surface area contributed by atoms with Crippen LogP contribution in [0.15, 0.2) is 6.07 Å². The molecule has 106 valence electrons. The van der Waals surface area contributed by atoms with Gasteiger partial charge in [-0.25, -0.2) is 4.98 Å². The Labute approximate surface area is 116 Å². The lowest BCUT2D eigenvalue weighted by Crippen LogP contribution is -2.41. The maximum absolute atomic E-state index is 12.3. The molecule has 7 heteroatoms. The summed E-state index contributed by atoms with van der Waals surface area (Å²) >= 11 is 0. The number of morpholine rings is 1. The zero-order chi connectivity index (χ0) is 14.5. The van der Waals surface area contributed by atoms with Crippen LogP contribution in [0.3, 0.4) is 0 Å². The van der Waals surface area contributed by atoms with Crippen molar-refractivity contribution in [2.75, 3.05) is 38.6 Å². The SMILES string of the molecule is CCOc1nc(C(=O)N2CCOCC2)cc(N)c1C#N. The lowest BCUT2D eigenvalue weighted by atomic mass is 10.2. The average Bonchev–Trinajstić information content (AvgIpc) is 2.47. The van der Waals surface area contributed by atoms with E-state index in [1.807, 2.05) is 6.07 Å². The number of nitrogen functional groups attached to an aromatic ring is 1. The van der Waals surface area contributed by atoms with Crippen molar-refractivity contribution in [1.29, 1.82) is 5.26 Å². The minimum Gasteiger partial charge on any atom is -0.477 e. The Kier molecular flexibility index (Phi) is 4.38. The minimum atomic E-state index is -0.231. The molecule has 0 atom stereocenters. The van der Waals surface area contributed by atoms with Gasteiger partial charge in [0, 0.05) is 13.1 Å². The average molecular weight is 276 g/mol. The molecular formula is C13H16N4O3. The van der Waals surface area contributed by atoms with Gasteiger partial charge in [0.2, 0.25) is 5.88 Å². The van der Waals surface area contributed by atoms with Crippen LogP contribution in [-0.2, 0) is 4.74 Å². The molecule has 2 N–H and O–H groups in total. The van der Waals surface area contributed by atoms with Crippen LogP contribution >= 0.6 is 0 Å². The van der Waals surface area contributed by atoms with Crippen LogP contribution < -0.4 is 10.5 Å². The largest absolute Gasteiger partial charge is 0.477 e. The fraction of sp³-hybridized carbons (Fsp3) is 0.462. The van der Waals surface area contributed by atoms with Gasteiger partial charge in [-0.15, -0.1) is 0 Å². The first-order valence-electron chi connectivity index (χ1n) is 6.37. The Balaban J connectivity index is 2.32. The van der Waals surface area contributed by atoms with Crippen LogP contribution in [0.25, 0.3) is 0 Å². The highest BCUT2D eigenvalue weighted by atomic mass is 16.5. The van der Waals surface area contributed by atoms with Gasteiger partial charge in [0.25, 0.3) is 5.91 Å². The number of carbonyl (C=O) groups excluding carboxylic acids is 1. The molecule has 1 aromatic rings. The van der Waals surface area contributed by atoms with Gasteiger partial charge in [-0.05, 0) is 13.0 Å². The molecule has 0 bridgehead atoms. The topological polar surface area (TPSA) is 101 Å². The normalized spacial score (nSPS) is 14.7. The Morgan fingerprint density at radius 3 is 2.90 bits per heavy atom. The fourth-order valence-electron chi connectivity index (χ4n) is 1.93. The van der Waals surface area contributed by atoms with E-state index < -0.39 is 0 Å². The van der Waals surface area contributed by atoms with E-state index in [2.05, 4.69) is 4.98 Å². The second kappa shape index (κ2) is 6.21. The molecule has 2 rings (SSSR count). The number of pyridine rings is 1. The summed E-state index contributed by atoms with van der Waals surface area (Å²) in [4.78, 5) is 18.1. The van der Waals surface area contributed by atoms with Gasteiger partial charge in [0.05, 0.1) is 25.5 Å². The number of hydrogen-bond donors (Lipinski definition) is 1. The Hall–Kier alpha value is -2.33. The molecule has 0 aromatic carbocycles. The lowest BCUT2D eigenvalue weighted by molar-refractivity contribution is 0.0298. The van der Waals surface area contributed by atoms with E-state index in [1.54, 1.807) is 11.8 Å². The zero-order valence-electron chi connectivity index (χ0n) is 11.3. The number of nitrogens with zero attached hydrogens (tertiary/aromatic N) is 3. The molecule has 0 unspecified atom stereocenters. The molecule has 1 amide bonds. The maximum Gasteiger partial charge on any atom is 0.272 e. The number of anilines is 1. The van der Waals surface area contributed by atoms with Crippen molar-refractivity contribution in [2.45, 2.75) is 6.92 Å². The molecule has 1 aliphatic heterocycles. The highest BCUT2D eigenvalue weighted by Crippen LogP contribution is 2.23. The molecule has 0 radical (unpaired) electrons. The Morgan fingerprint density at radius 2 is 2.30 bits per heavy atom. The first-order chi connectivity index (χ1) is 9.67. The van der Waals surface area contributed by atoms with E-state index in [0.29, 0.717) is 32.9 Å². The number of ether oxygens (including phenoxy) is 2. The van der Waals surface area contributed by atoms with E-state index >= 15 is 0 Å². The van der Waals surface area contributed by atoms with Crippen molar-refractivity contribution >= 4 is 11.6 Å². The summed E-state index contributed by atoms with van der Waals surface area (Å²) in [5, 5.41) is 9.04. The van der Waals surface area contributed by atoms with Gasteiger partial charge in [-0.2, -0.15) is 5.26 Å². The van der Waals surface area contributed by atoms with Crippen LogP contribution in [0.2, 0.25) is 0 Å². The monoisotopic (exact) mass is 276 g/mol. The summed E-state index contributed by atoms with van der Waals surface area (Å²) in [7, 11) is 0. The number of aromatic nitrogens is 1. The second-order valence-corrected chi connectivity index (χ2v) is 4.23. The van der Waals surface area contributed by atoms with Gasteiger partial charge in [-0.3, -0.25) is 4.79 Å². The molecular weight excluding hydrogens is 260 g/mol. The molecule has 1 fully saturated rings. The van der Waals surface area contributed by atoms with Crippen molar-refractivity contribution in [3.8, 4) is 11.9 Å². The van der Waals surface area contributed by atoms with E-state index in [9.17, 15) is 4.79 Å². The maximum atomic E-state index is 12.3. The Morgan fingerprint density at radius 1 is 1.60 bits per heavy atom. The van der Waals surface area contributed by atoms with Crippen LogP contribution in [0.5, 0.6) is 5.88 Å². The molecule has 1 aromatic heterocycles. The first kappa shape index (κ1) is 14.1. The van der Waals surface area contributed by atoms with Crippen LogP contribution in [-0.4, -0.2) is 48.7 Å². The lowest BCUT2D eigenvalue weighted by Gasteiger charge is -2.26. The van der Waals surface area contributed by atoms with Crippen molar-refractivity contribution in [3.05, 3.63) is 17.3 Å². The summed E-state index contributed by atoms with van der Waals surface area (Å²) in [5.74, 6) is -0.128. The number of amides is 1. The van der Waals surface area contributed by atoms with E-state index in [4.69, 9.17) is 20.5 Å². The molecule has 0 aliphatic carbocycles. The summed E-state index contributed by atoms with van der Waals surface area (Å²) in [6.07, 6.45) is 0. The number of rotatable bonds is 3. The highest BCUT2D eigenvalue weighted by Gasteiger charge is 2.22. The first-order valence-corrected chi connectivity index (χ1v) is 6.37. The molecule has 2 heterocycles. The predicted octanol–water partition coefficient (Wildman–Crippen LogP) is 0.407. The van der Waals surface area contributed by atoms with Gasteiger partial charge < -0.3 is 20.1 Å². The van der Waals surface area contributed by atoms with E-state index in [1.165, 1.54) is 6.07 Å². The molecule has 0 saturated carbocycles. The van der Waals surface area contributed by atoms with Gasteiger partial charge in [-0.1, -0.05) is 0 Å². The highest BCUT2D eigenvalue weighted by molar-refractivity contribution is 5.94. The quantitative estimate of drug-likeness (QED) is 0.857. The number of carbonyl (C=O) groups is 1. The zero-order valence-corrected chi connectivity index (χ0v) is 11.3.